The van der Waals surface area contributed by atoms with Gasteiger partial charge in [-0.25, -0.2) is 0 Å². The van der Waals surface area contributed by atoms with E-state index in [2.05, 4.69) is 122 Å². The molecule has 13 rings (SSSR count). The quantitative estimate of drug-likeness (QED) is 0.174. The molecular weight excluding hydrogens is 647 g/mol. The van der Waals surface area contributed by atoms with Crippen molar-refractivity contribution in [2.24, 2.45) is 29.6 Å². The van der Waals surface area contributed by atoms with E-state index in [0.29, 0.717) is 5.41 Å². The topological polar surface area (TPSA) is 3.24 Å². The Kier molecular flexibility index (Phi) is 6.38. The number of hydrogen-bond donors (Lipinski definition) is 0. The van der Waals surface area contributed by atoms with Gasteiger partial charge in [-0.05, 0) is 187 Å². The van der Waals surface area contributed by atoms with Crippen LogP contribution in [0.25, 0.3) is 31.3 Å². The fraction of sp³-hybridized carbons (Fsp3) is 0.400. The minimum atomic E-state index is -0.0857. The minimum absolute atomic E-state index is 0.0857. The average Bonchev–Trinajstić information content (AvgIpc) is 3.93. The zero-order valence-corrected chi connectivity index (χ0v) is 31.5. The summed E-state index contributed by atoms with van der Waals surface area (Å²) in [6.45, 7) is 4.88. The van der Waals surface area contributed by atoms with Crippen molar-refractivity contribution in [1.29, 1.82) is 0 Å². The van der Waals surface area contributed by atoms with E-state index in [1.165, 1.54) is 124 Å². The summed E-state index contributed by atoms with van der Waals surface area (Å²) in [4.78, 5) is 2.56. The fourth-order valence-electron chi connectivity index (χ4n) is 13.5. The van der Waals surface area contributed by atoms with Crippen molar-refractivity contribution >= 4 is 48.6 Å². The van der Waals surface area contributed by atoms with Crippen LogP contribution >= 0.6 is 11.3 Å². The molecule has 0 amide bonds. The molecule has 7 aliphatic rings. The van der Waals surface area contributed by atoms with E-state index in [0.717, 1.165) is 35.5 Å². The molecule has 0 radical (unpaired) electrons. The van der Waals surface area contributed by atoms with Crippen LogP contribution in [0.3, 0.4) is 0 Å². The summed E-state index contributed by atoms with van der Waals surface area (Å²) < 4.78 is 2.77. The van der Waals surface area contributed by atoms with Crippen LogP contribution in [0.4, 0.5) is 17.1 Å². The third-order valence-electron chi connectivity index (χ3n) is 15.5. The van der Waals surface area contributed by atoms with Crippen LogP contribution < -0.4 is 4.90 Å². The van der Waals surface area contributed by atoms with Crippen LogP contribution in [0.15, 0.2) is 103 Å². The van der Waals surface area contributed by atoms with Crippen LogP contribution in [0.5, 0.6) is 0 Å². The van der Waals surface area contributed by atoms with E-state index in [9.17, 15) is 0 Å². The summed E-state index contributed by atoms with van der Waals surface area (Å²) in [5, 5.41) is 2.78. The summed E-state index contributed by atoms with van der Waals surface area (Å²) in [5.41, 5.74) is 13.0. The Balaban J connectivity index is 0.953. The number of anilines is 3. The molecule has 1 aromatic heterocycles. The van der Waals surface area contributed by atoms with Crippen molar-refractivity contribution in [2.45, 2.75) is 94.8 Å². The summed E-state index contributed by atoms with van der Waals surface area (Å²) in [7, 11) is 0. The number of nitrogens with zero attached hydrogens (tertiary/aromatic N) is 1. The van der Waals surface area contributed by atoms with Gasteiger partial charge < -0.3 is 4.90 Å². The highest BCUT2D eigenvalue weighted by Crippen LogP contribution is 2.61. The number of fused-ring (bicyclic) bond motifs is 8. The number of rotatable bonds is 5. The Hall–Kier alpha value is -3.88. The van der Waals surface area contributed by atoms with Crippen LogP contribution in [0.1, 0.15) is 106 Å². The molecule has 6 bridgehead atoms. The second-order valence-corrected chi connectivity index (χ2v) is 19.9. The highest BCUT2D eigenvalue weighted by molar-refractivity contribution is 7.25. The van der Waals surface area contributed by atoms with Crippen LogP contribution in [0.2, 0.25) is 0 Å². The van der Waals surface area contributed by atoms with Crippen LogP contribution in [-0.4, -0.2) is 0 Å². The largest absolute Gasteiger partial charge is 0.310 e. The second-order valence-electron chi connectivity index (χ2n) is 18.8. The maximum absolute atomic E-state index is 2.56. The zero-order valence-electron chi connectivity index (χ0n) is 30.7. The monoisotopic (exact) mass is 695 g/mol. The summed E-state index contributed by atoms with van der Waals surface area (Å²) >= 11 is 1.93. The summed E-state index contributed by atoms with van der Waals surface area (Å²) in [6.07, 6.45) is 14.5. The fourth-order valence-corrected chi connectivity index (χ4v) is 14.6. The Morgan fingerprint density at radius 2 is 1.23 bits per heavy atom. The lowest BCUT2D eigenvalue weighted by atomic mass is 9.48. The lowest BCUT2D eigenvalue weighted by Gasteiger charge is -2.57. The molecule has 0 spiro atoms. The molecule has 3 atom stereocenters. The maximum atomic E-state index is 2.56. The van der Waals surface area contributed by atoms with Crippen molar-refractivity contribution in [2.75, 3.05) is 4.90 Å². The van der Waals surface area contributed by atoms with Gasteiger partial charge in [-0.1, -0.05) is 68.8 Å². The predicted molar refractivity (Wildman–Crippen MR) is 220 cm³/mol. The van der Waals surface area contributed by atoms with E-state index in [4.69, 9.17) is 0 Å². The third kappa shape index (κ3) is 4.40. The van der Waals surface area contributed by atoms with Gasteiger partial charge in [0.2, 0.25) is 0 Å². The van der Waals surface area contributed by atoms with Crippen LogP contribution in [0, 0.1) is 29.6 Å². The summed E-state index contributed by atoms with van der Waals surface area (Å²) in [5.74, 6) is 5.51. The molecule has 6 saturated carbocycles. The first-order valence-electron chi connectivity index (χ1n) is 20.5. The van der Waals surface area contributed by atoms with Gasteiger partial charge in [0.25, 0.3) is 0 Å². The molecule has 2 heteroatoms. The van der Waals surface area contributed by atoms with E-state index in [-0.39, 0.29) is 5.41 Å². The Morgan fingerprint density at radius 1 is 0.558 bits per heavy atom. The summed E-state index contributed by atoms with van der Waals surface area (Å²) in [6, 6.07) is 41.1. The molecule has 0 saturated heterocycles. The van der Waals surface area contributed by atoms with Gasteiger partial charge in [-0.15, -0.1) is 11.3 Å². The Morgan fingerprint density at radius 3 is 1.92 bits per heavy atom. The average molecular weight is 696 g/mol. The second kappa shape index (κ2) is 10.8. The molecule has 6 aromatic rings. The normalized spacial score (nSPS) is 30.3. The zero-order chi connectivity index (χ0) is 34.3. The molecule has 3 unspecified atom stereocenters. The number of thiophene rings is 1. The van der Waals surface area contributed by atoms with Crippen molar-refractivity contribution in [3.05, 3.63) is 125 Å². The lowest BCUT2D eigenvalue weighted by molar-refractivity contribution is -0.00518. The minimum Gasteiger partial charge on any atom is -0.310 e. The number of hydrogen-bond acceptors (Lipinski definition) is 2. The standard InChI is InChI=1S/C50H49NS/c1-49(2)45-24-39(17-18-40(45)43-26-48-44(25-46(43)49)41-5-3-4-6-47(41)52-48)51(37-13-9-34(10-14-37)42-23-30-7-8-35(42)22-30)38-15-11-36(12-16-38)50-27-31-19-32(28-50)21-33(20-31)29-50/h3-6,9-18,24-26,30-33,35,42H,7-8,19-23,27-29H2,1-2H3. The van der Waals surface area contributed by atoms with Gasteiger partial charge in [-0.2, -0.15) is 0 Å². The van der Waals surface area contributed by atoms with Gasteiger partial charge >= 0.3 is 0 Å². The highest BCUT2D eigenvalue weighted by atomic mass is 32.1. The highest BCUT2D eigenvalue weighted by Gasteiger charge is 2.51. The first-order valence-corrected chi connectivity index (χ1v) is 21.3. The van der Waals surface area contributed by atoms with Gasteiger partial charge in [0.05, 0.1) is 0 Å². The maximum Gasteiger partial charge on any atom is 0.0465 e. The van der Waals surface area contributed by atoms with E-state index in [1.807, 2.05) is 11.3 Å². The van der Waals surface area contributed by atoms with Crippen molar-refractivity contribution in [1.82, 2.24) is 0 Å². The first-order chi connectivity index (χ1) is 25.4. The molecule has 260 valence electrons. The molecule has 0 aliphatic heterocycles. The van der Waals surface area contributed by atoms with Crippen LogP contribution in [-0.2, 0) is 10.8 Å². The van der Waals surface area contributed by atoms with Crippen molar-refractivity contribution in [3.8, 4) is 11.1 Å². The molecule has 5 aromatic carbocycles. The van der Waals surface area contributed by atoms with Gasteiger partial charge in [-0.3, -0.25) is 0 Å². The SMILES string of the molecule is CC1(C)c2cc(N(c3ccc(C4CC5CCC4C5)cc3)c3ccc(C45CC6CC(CC(C6)C4)C5)cc3)ccc2-c2cc3sc4ccccc4c3cc21. The predicted octanol–water partition coefficient (Wildman–Crippen LogP) is 14.2. The molecule has 52 heavy (non-hydrogen) atoms. The van der Waals surface area contributed by atoms with Crippen molar-refractivity contribution in [3.63, 3.8) is 0 Å². The third-order valence-corrected chi connectivity index (χ3v) is 16.6. The molecular formula is C50H49NS. The van der Waals surface area contributed by atoms with E-state index < -0.39 is 0 Å². The molecule has 0 N–H and O–H groups in total. The lowest BCUT2D eigenvalue weighted by Crippen LogP contribution is -2.48. The molecule has 7 aliphatic carbocycles. The van der Waals surface area contributed by atoms with Gasteiger partial charge in [0, 0.05) is 42.6 Å². The smallest absolute Gasteiger partial charge is 0.0465 e. The Labute approximate surface area is 313 Å². The van der Waals surface area contributed by atoms with E-state index >= 15 is 0 Å². The molecule has 6 fully saturated rings. The van der Waals surface area contributed by atoms with Crippen molar-refractivity contribution < 1.29 is 0 Å². The first kappa shape index (κ1) is 30.6. The van der Waals surface area contributed by atoms with Gasteiger partial charge in [0.1, 0.15) is 0 Å². The van der Waals surface area contributed by atoms with E-state index in [1.54, 1.807) is 11.1 Å². The molecule has 1 nitrogen and oxygen atoms in total. The van der Waals surface area contributed by atoms with Gasteiger partial charge in [0.15, 0.2) is 0 Å². The molecule has 1 heterocycles. The Bertz CT molecular complexity index is 2360. The number of benzene rings is 5.